The molecule has 0 bridgehead atoms. The summed E-state index contributed by atoms with van der Waals surface area (Å²) >= 11 is 0. The van der Waals surface area contributed by atoms with Crippen LogP contribution in [0.4, 0.5) is 0 Å². The number of nitrogens with zero attached hydrogens (tertiary/aromatic N) is 3. The fraction of sp³-hybridized carbons (Fsp3) is 0.632. The minimum Gasteiger partial charge on any atom is -0.478 e. The quantitative estimate of drug-likeness (QED) is 0.823. The van der Waals surface area contributed by atoms with Gasteiger partial charge in [0.25, 0.3) is 0 Å². The van der Waals surface area contributed by atoms with E-state index in [1.165, 1.54) is 82.7 Å². The van der Waals surface area contributed by atoms with Gasteiger partial charge in [-0.1, -0.05) is 38.5 Å². The number of hydrogen-bond donors (Lipinski definition) is 1. The maximum absolute atomic E-state index is 10.2. The zero-order valence-corrected chi connectivity index (χ0v) is 14.2. The Bertz CT molecular complexity index is 519. The number of aromatic carboxylic acids is 1. The minimum atomic E-state index is -0.942. The Labute approximate surface area is 144 Å². The molecular weight excluding hydrogens is 302 g/mol. The molecule has 0 atom stereocenters. The molecule has 1 N–H and O–H groups in total. The third kappa shape index (κ3) is 7.05. The van der Waals surface area contributed by atoms with E-state index >= 15 is 0 Å². The number of aliphatic imine (C=N–C) groups is 2. The van der Waals surface area contributed by atoms with Gasteiger partial charge in [-0.2, -0.15) is 0 Å². The van der Waals surface area contributed by atoms with Gasteiger partial charge in [0.2, 0.25) is 0 Å². The summed E-state index contributed by atoms with van der Waals surface area (Å²) in [5.41, 5.74) is 0.220. The fourth-order valence-electron chi connectivity index (χ4n) is 3.11. The summed E-state index contributed by atoms with van der Waals surface area (Å²) in [7, 11) is 0. The monoisotopic (exact) mass is 329 g/mol. The standard InChI is InChI=1S/C13H22N2.C6H5NO2/c1-3-7-12(8-4-1)14-11-15-13-9-5-2-6-10-13;8-6(9)5-2-1-3-7-4-5/h12-13H,1-10H2;1-4H,(H,8,9). The van der Waals surface area contributed by atoms with Crippen molar-refractivity contribution >= 4 is 12.0 Å². The van der Waals surface area contributed by atoms with Crippen LogP contribution in [0.15, 0.2) is 34.5 Å². The summed E-state index contributed by atoms with van der Waals surface area (Å²) in [6, 6.07) is 7.12. The predicted octanol–water partition coefficient (Wildman–Crippen LogP) is 4.61. The van der Waals surface area contributed by atoms with Gasteiger partial charge in [0.05, 0.1) is 23.7 Å². The van der Waals surface area contributed by atoms with Crippen LogP contribution < -0.4 is 0 Å². The van der Waals surface area contributed by atoms with Gasteiger partial charge in [0.15, 0.2) is 0 Å². The highest BCUT2D eigenvalue weighted by Gasteiger charge is 2.12. The molecule has 0 aliphatic heterocycles. The highest BCUT2D eigenvalue weighted by atomic mass is 16.4. The van der Waals surface area contributed by atoms with Crippen molar-refractivity contribution in [1.82, 2.24) is 4.98 Å². The van der Waals surface area contributed by atoms with Crippen LogP contribution >= 0.6 is 0 Å². The van der Waals surface area contributed by atoms with E-state index < -0.39 is 5.97 Å². The maximum Gasteiger partial charge on any atom is 0.337 e. The fourth-order valence-corrected chi connectivity index (χ4v) is 3.11. The molecule has 2 saturated carbocycles. The van der Waals surface area contributed by atoms with Crippen LogP contribution in [0.5, 0.6) is 0 Å². The number of carboxylic acid groups (broad SMARTS) is 1. The molecule has 2 fully saturated rings. The first-order valence-corrected chi connectivity index (χ1v) is 9.03. The summed E-state index contributed by atoms with van der Waals surface area (Å²) < 4.78 is 0. The largest absolute Gasteiger partial charge is 0.478 e. The van der Waals surface area contributed by atoms with Crippen molar-refractivity contribution in [2.75, 3.05) is 0 Å². The van der Waals surface area contributed by atoms with Crippen molar-refractivity contribution in [3.63, 3.8) is 0 Å². The topological polar surface area (TPSA) is 74.9 Å². The molecule has 1 aromatic heterocycles. The van der Waals surface area contributed by atoms with Crippen LogP contribution in [0.25, 0.3) is 0 Å². The Morgan fingerprint density at radius 3 is 1.92 bits per heavy atom. The first-order valence-electron chi connectivity index (χ1n) is 9.03. The molecule has 0 unspecified atom stereocenters. The molecule has 0 saturated heterocycles. The van der Waals surface area contributed by atoms with Crippen LogP contribution in [0.2, 0.25) is 0 Å². The predicted molar refractivity (Wildman–Crippen MR) is 94.8 cm³/mol. The lowest BCUT2D eigenvalue weighted by Crippen LogP contribution is -2.10. The summed E-state index contributed by atoms with van der Waals surface area (Å²) in [6.07, 6.45) is 16.0. The molecule has 130 valence electrons. The van der Waals surface area contributed by atoms with E-state index in [-0.39, 0.29) is 5.56 Å². The Morgan fingerprint density at radius 2 is 1.54 bits per heavy atom. The van der Waals surface area contributed by atoms with Crippen molar-refractivity contribution in [2.24, 2.45) is 9.98 Å². The van der Waals surface area contributed by atoms with Gasteiger partial charge in [-0.25, -0.2) is 14.8 Å². The van der Waals surface area contributed by atoms with E-state index in [2.05, 4.69) is 21.0 Å². The van der Waals surface area contributed by atoms with Crippen LogP contribution in [0, 0.1) is 0 Å². The summed E-state index contributed by atoms with van der Waals surface area (Å²) in [5, 5.41) is 8.34. The number of carboxylic acids is 1. The smallest absolute Gasteiger partial charge is 0.337 e. The zero-order valence-electron chi connectivity index (χ0n) is 14.2. The highest BCUT2D eigenvalue weighted by molar-refractivity contribution is 5.86. The number of carbonyl (C=O) groups is 1. The van der Waals surface area contributed by atoms with Gasteiger partial charge >= 0.3 is 5.97 Å². The van der Waals surface area contributed by atoms with Crippen LogP contribution in [-0.2, 0) is 0 Å². The molecule has 24 heavy (non-hydrogen) atoms. The Kier molecular flexibility index (Phi) is 8.19. The molecular formula is C19H27N3O2. The third-order valence-electron chi connectivity index (χ3n) is 4.54. The average molecular weight is 329 g/mol. The summed E-state index contributed by atoms with van der Waals surface area (Å²) in [4.78, 5) is 22.7. The molecule has 1 heterocycles. The molecule has 0 radical (unpaired) electrons. The maximum atomic E-state index is 10.2. The van der Waals surface area contributed by atoms with Gasteiger partial charge in [0.1, 0.15) is 0 Å². The molecule has 0 spiro atoms. The highest BCUT2D eigenvalue weighted by Crippen LogP contribution is 2.21. The van der Waals surface area contributed by atoms with Gasteiger partial charge in [-0.15, -0.1) is 0 Å². The van der Waals surface area contributed by atoms with Crippen molar-refractivity contribution in [3.05, 3.63) is 30.1 Å². The Hall–Kier alpha value is -2.00. The van der Waals surface area contributed by atoms with E-state index in [0.717, 1.165) is 0 Å². The number of aromatic nitrogens is 1. The Balaban J connectivity index is 0.000000198. The van der Waals surface area contributed by atoms with Crippen LogP contribution in [0.3, 0.4) is 0 Å². The molecule has 5 heteroatoms. The molecule has 1 aromatic rings. The lowest BCUT2D eigenvalue weighted by atomic mass is 9.96. The molecule has 0 amide bonds. The van der Waals surface area contributed by atoms with Gasteiger partial charge in [-0.05, 0) is 37.8 Å². The van der Waals surface area contributed by atoms with Crippen LogP contribution in [-0.4, -0.2) is 34.2 Å². The molecule has 0 aromatic carbocycles. The first-order chi connectivity index (χ1) is 11.8. The Morgan fingerprint density at radius 1 is 1.00 bits per heavy atom. The van der Waals surface area contributed by atoms with Crippen LogP contribution in [0.1, 0.15) is 74.6 Å². The minimum absolute atomic E-state index is 0.220. The SMILES string of the molecule is C(=NC1CCCCC1)=NC1CCCCC1.O=C(O)c1cccnc1. The molecule has 5 nitrogen and oxygen atoms in total. The van der Waals surface area contributed by atoms with E-state index in [1.54, 1.807) is 6.07 Å². The van der Waals surface area contributed by atoms with E-state index in [9.17, 15) is 4.79 Å². The normalized spacial score (nSPS) is 18.7. The lowest BCUT2D eigenvalue weighted by Gasteiger charge is -2.17. The second-order valence-corrected chi connectivity index (χ2v) is 6.49. The lowest BCUT2D eigenvalue weighted by molar-refractivity contribution is 0.0696. The summed E-state index contributed by atoms with van der Waals surface area (Å²) in [6.45, 7) is 0. The average Bonchev–Trinajstić information content (AvgIpc) is 2.65. The van der Waals surface area contributed by atoms with Crippen molar-refractivity contribution in [2.45, 2.75) is 76.3 Å². The van der Waals surface area contributed by atoms with E-state index in [4.69, 9.17) is 5.11 Å². The van der Waals surface area contributed by atoms with Crippen molar-refractivity contribution < 1.29 is 9.90 Å². The number of rotatable bonds is 3. The number of hydrogen-bond acceptors (Lipinski definition) is 4. The summed E-state index contributed by atoms with van der Waals surface area (Å²) in [5.74, 6) is -0.942. The second kappa shape index (κ2) is 10.7. The zero-order chi connectivity index (χ0) is 17.0. The number of pyridine rings is 1. The van der Waals surface area contributed by atoms with Gasteiger partial charge < -0.3 is 5.11 Å². The van der Waals surface area contributed by atoms with Crippen molar-refractivity contribution in [1.29, 1.82) is 0 Å². The van der Waals surface area contributed by atoms with E-state index in [1.807, 2.05) is 0 Å². The molecule has 2 aliphatic rings. The van der Waals surface area contributed by atoms with Gasteiger partial charge in [0, 0.05) is 12.4 Å². The first kappa shape index (κ1) is 18.3. The second-order valence-electron chi connectivity index (χ2n) is 6.49. The third-order valence-corrected chi connectivity index (χ3v) is 4.54. The van der Waals surface area contributed by atoms with E-state index in [0.29, 0.717) is 12.1 Å². The van der Waals surface area contributed by atoms with Gasteiger partial charge in [-0.3, -0.25) is 4.98 Å². The molecule has 3 rings (SSSR count). The molecule has 2 aliphatic carbocycles. The van der Waals surface area contributed by atoms with Crippen molar-refractivity contribution in [3.8, 4) is 0 Å².